The SMILES string of the molecule is CCOC(=O)c1c(NCc2ccc(C)cc2O)sc2c1CCC2. The summed E-state index contributed by atoms with van der Waals surface area (Å²) in [6.45, 7) is 4.63. The summed E-state index contributed by atoms with van der Waals surface area (Å²) in [5.74, 6) is 0.0295. The molecule has 1 aliphatic rings. The number of aromatic hydroxyl groups is 1. The Morgan fingerprint density at radius 3 is 2.96 bits per heavy atom. The van der Waals surface area contributed by atoms with Crippen molar-refractivity contribution in [3.8, 4) is 5.75 Å². The fraction of sp³-hybridized carbons (Fsp3) is 0.389. The highest BCUT2D eigenvalue weighted by Crippen LogP contribution is 2.39. The van der Waals surface area contributed by atoms with Crippen LogP contribution < -0.4 is 5.32 Å². The Kier molecular flexibility index (Phi) is 4.57. The molecule has 5 heteroatoms. The van der Waals surface area contributed by atoms with Gasteiger partial charge in [0, 0.05) is 17.0 Å². The first-order valence-electron chi connectivity index (χ1n) is 7.94. The summed E-state index contributed by atoms with van der Waals surface area (Å²) in [5, 5.41) is 14.2. The van der Waals surface area contributed by atoms with Crippen LogP contribution in [0.25, 0.3) is 0 Å². The number of anilines is 1. The van der Waals surface area contributed by atoms with Gasteiger partial charge in [-0.25, -0.2) is 4.79 Å². The third kappa shape index (κ3) is 3.20. The molecule has 0 aliphatic heterocycles. The zero-order valence-corrected chi connectivity index (χ0v) is 14.3. The molecule has 0 radical (unpaired) electrons. The number of esters is 1. The highest BCUT2D eigenvalue weighted by atomic mass is 32.1. The first-order valence-corrected chi connectivity index (χ1v) is 8.75. The number of phenols is 1. The normalized spacial score (nSPS) is 13.0. The van der Waals surface area contributed by atoms with Gasteiger partial charge < -0.3 is 15.2 Å². The molecule has 4 nitrogen and oxygen atoms in total. The number of nitrogens with one attached hydrogen (secondary N) is 1. The first kappa shape index (κ1) is 15.9. The Labute approximate surface area is 140 Å². The largest absolute Gasteiger partial charge is 0.508 e. The predicted molar refractivity (Wildman–Crippen MR) is 92.5 cm³/mol. The summed E-state index contributed by atoms with van der Waals surface area (Å²) in [5.41, 5.74) is 3.67. The molecule has 1 aromatic heterocycles. The molecule has 0 unspecified atom stereocenters. The number of thiophene rings is 1. The van der Waals surface area contributed by atoms with Gasteiger partial charge in [0.1, 0.15) is 10.8 Å². The summed E-state index contributed by atoms with van der Waals surface area (Å²) in [6.07, 6.45) is 3.08. The van der Waals surface area contributed by atoms with E-state index in [1.54, 1.807) is 17.4 Å². The summed E-state index contributed by atoms with van der Waals surface area (Å²) < 4.78 is 5.22. The van der Waals surface area contributed by atoms with Crippen molar-refractivity contribution in [1.82, 2.24) is 0 Å². The maximum atomic E-state index is 12.3. The van der Waals surface area contributed by atoms with E-state index in [9.17, 15) is 9.90 Å². The second-order valence-electron chi connectivity index (χ2n) is 5.77. The lowest BCUT2D eigenvalue weighted by Crippen LogP contribution is -2.09. The number of benzene rings is 1. The zero-order chi connectivity index (χ0) is 16.4. The van der Waals surface area contributed by atoms with Crippen molar-refractivity contribution in [2.24, 2.45) is 0 Å². The van der Waals surface area contributed by atoms with E-state index in [2.05, 4.69) is 5.32 Å². The lowest BCUT2D eigenvalue weighted by atomic mass is 10.1. The molecule has 0 bridgehead atoms. The van der Waals surface area contributed by atoms with Crippen LogP contribution in [-0.2, 0) is 24.1 Å². The van der Waals surface area contributed by atoms with Crippen molar-refractivity contribution in [2.75, 3.05) is 11.9 Å². The van der Waals surface area contributed by atoms with Crippen molar-refractivity contribution in [2.45, 2.75) is 39.7 Å². The molecule has 0 amide bonds. The summed E-state index contributed by atoms with van der Waals surface area (Å²) >= 11 is 1.64. The quantitative estimate of drug-likeness (QED) is 0.812. The minimum absolute atomic E-state index is 0.248. The standard InChI is InChI=1S/C18H21NO3S/c1-3-22-18(21)16-13-5-4-6-15(13)23-17(16)19-10-12-8-7-11(2)9-14(12)20/h7-9,19-20H,3-6,10H2,1-2H3. The van der Waals surface area contributed by atoms with Gasteiger partial charge in [-0.2, -0.15) is 0 Å². The molecule has 1 aromatic carbocycles. The van der Waals surface area contributed by atoms with Gasteiger partial charge >= 0.3 is 5.97 Å². The van der Waals surface area contributed by atoms with Gasteiger partial charge in [0.05, 0.1) is 12.2 Å². The van der Waals surface area contributed by atoms with Crippen LogP contribution in [0.3, 0.4) is 0 Å². The smallest absolute Gasteiger partial charge is 0.341 e. The Morgan fingerprint density at radius 2 is 2.22 bits per heavy atom. The maximum absolute atomic E-state index is 12.3. The number of aryl methyl sites for hydroxylation is 2. The first-order chi connectivity index (χ1) is 11.1. The van der Waals surface area contributed by atoms with E-state index >= 15 is 0 Å². The average Bonchev–Trinajstić information content (AvgIpc) is 3.06. The molecule has 0 atom stereocenters. The molecule has 0 saturated heterocycles. The number of fused-ring (bicyclic) bond motifs is 1. The van der Waals surface area contributed by atoms with Crippen molar-refractivity contribution >= 4 is 22.3 Å². The molecule has 0 fully saturated rings. The van der Waals surface area contributed by atoms with E-state index in [1.807, 2.05) is 26.0 Å². The van der Waals surface area contributed by atoms with Gasteiger partial charge in [-0.3, -0.25) is 0 Å². The maximum Gasteiger partial charge on any atom is 0.341 e. The van der Waals surface area contributed by atoms with Crippen LogP contribution in [0, 0.1) is 6.92 Å². The minimum atomic E-state index is -0.248. The van der Waals surface area contributed by atoms with Crippen LogP contribution in [0.2, 0.25) is 0 Å². The number of hydrogen-bond acceptors (Lipinski definition) is 5. The van der Waals surface area contributed by atoms with Gasteiger partial charge in [-0.15, -0.1) is 11.3 Å². The van der Waals surface area contributed by atoms with Crippen LogP contribution in [0.15, 0.2) is 18.2 Å². The molecule has 0 spiro atoms. The number of phenolic OH excluding ortho intramolecular Hbond substituents is 1. The lowest BCUT2D eigenvalue weighted by Gasteiger charge is -2.10. The third-order valence-corrected chi connectivity index (χ3v) is 5.33. The Hall–Kier alpha value is -2.01. The van der Waals surface area contributed by atoms with Gasteiger partial charge in [0.2, 0.25) is 0 Å². The molecular formula is C18H21NO3S. The highest BCUT2D eigenvalue weighted by molar-refractivity contribution is 7.16. The van der Waals surface area contributed by atoms with Crippen LogP contribution in [-0.4, -0.2) is 17.7 Å². The van der Waals surface area contributed by atoms with Crippen LogP contribution in [0.1, 0.15) is 45.3 Å². The molecule has 23 heavy (non-hydrogen) atoms. The van der Waals surface area contributed by atoms with E-state index in [-0.39, 0.29) is 11.7 Å². The topological polar surface area (TPSA) is 58.6 Å². The molecule has 0 saturated carbocycles. The Bertz CT molecular complexity index is 736. The van der Waals surface area contributed by atoms with Gasteiger partial charge in [0.15, 0.2) is 0 Å². The minimum Gasteiger partial charge on any atom is -0.508 e. The molecule has 122 valence electrons. The number of hydrogen-bond donors (Lipinski definition) is 2. The molecule has 3 rings (SSSR count). The van der Waals surface area contributed by atoms with Crippen LogP contribution in [0.4, 0.5) is 5.00 Å². The van der Waals surface area contributed by atoms with Gasteiger partial charge in [-0.05, 0) is 50.3 Å². The second kappa shape index (κ2) is 6.62. The summed E-state index contributed by atoms with van der Waals surface area (Å²) in [4.78, 5) is 13.6. The van der Waals surface area contributed by atoms with Crippen LogP contribution in [0.5, 0.6) is 5.75 Å². The molecule has 1 aliphatic carbocycles. The van der Waals surface area contributed by atoms with Crippen molar-refractivity contribution in [3.05, 3.63) is 45.3 Å². The fourth-order valence-electron chi connectivity index (χ4n) is 2.95. The van der Waals surface area contributed by atoms with Crippen molar-refractivity contribution in [3.63, 3.8) is 0 Å². The highest BCUT2D eigenvalue weighted by Gasteiger charge is 2.27. The second-order valence-corrected chi connectivity index (χ2v) is 6.87. The van der Waals surface area contributed by atoms with E-state index in [0.717, 1.165) is 41.0 Å². The van der Waals surface area contributed by atoms with Gasteiger partial charge in [0.25, 0.3) is 0 Å². The fourth-order valence-corrected chi connectivity index (χ4v) is 4.22. The predicted octanol–water partition coefficient (Wildman–Crippen LogP) is 4.04. The lowest BCUT2D eigenvalue weighted by molar-refractivity contribution is 0.0527. The Morgan fingerprint density at radius 1 is 1.39 bits per heavy atom. The zero-order valence-electron chi connectivity index (χ0n) is 13.4. The van der Waals surface area contributed by atoms with E-state index < -0.39 is 0 Å². The van der Waals surface area contributed by atoms with E-state index in [1.165, 1.54) is 4.88 Å². The van der Waals surface area contributed by atoms with Crippen molar-refractivity contribution < 1.29 is 14.6 Å². The van der Waals surface area contributed by atoms with Crippen molar-refractivity contribution in [1.29, 1.82) is 0 Å². The van der Waals surface area contributed by atoms with E-state index in [4.69, 9.17) is 4.74 Å². The summed E-state index contributed by atoms with van der Waals surface area (Å²) in [6, 6.07) is 5.62. The van der Waals surface area contributed by atoms with Gasteiger partial charge in [-0.1, -0.05) is 12.1 Å². The number of rotatable bonds is 5. The monoisotopic (exact) mass is 331 g/mol. The molecule has 2 N–H and O–H groups in total. The average molecular weight is 331 g/mol. The number of carbonyl (C=O) groups is 1. The number of ether oxygens (including phenoxy) is 1. The van der Waals surface area contributed by atoms with E-state index in [0.29, 0.717) is 18.7 Å². The molecular weight excluding hydrogens is 310 g/mol. The Balaban J connectivity index is 1.84. The third-order valence-electron chi connectivity index (χ3n) is 4.08. The van der Waals surface area contributed by atoms with Crippen LogP contribution >= 0.6 is 11.3 Å². The molecule has 2 aromatic rings. The number of carbonyl (C=O) groups excluding carboxylic acids is 1. The summed E-state index contributed by atoms with van der Waals surface area (Å²) in [7, 11) is 0. The molecule has 1 heterocycles.